The number of imide groups is 1. The summed E-state index contributed by atoms with van der Waals surface area (Å²) in [6.45, 7) is 2.72. The number of nitrogens with one attached hydrogen (secondary N) is 2. The van der Waals surface area contributed by atoms with Crippen LogP contribution in [-0.4, -0.2) is 85.9 Å². The Kier molecular flexibility index (Phi) is 12.8. The molecular formula is C44H43N3O12S2. The molecule has 0 unspecified atom stereocenters. The predicted molar refractivity (Wildman–Crippen MR) is 223 cm³/mol. The molecule has 61 heavy (non-hydrogen) atoms. The van der Waals surface area contributed by atoms with E-state index in [9.17, 15) is 38.4 Å². The van der Waals surface area contributed by atoms with E-state index >= 15 is 0 Å². The highest BCUT2D eigenvalue weighted by Crippen LogP contribution is 2.41. The van der Waals surface area contributed by atoms with E-state index in [-0.39, 0.29) is 33.7 Å². The maximum Gasteiger partial charge on any atom is 0.341 e. The van der Waals surface area contributed by atoms with Gasteiger partial charge in [-0.15, -0.1) is 22.7 Å². The third kappa shape index (κ3) is 8.98. The zero-order valence-electron chi connectivity index (χ0n) is 33.9. The molecule has 3 atom stereocenters. The van der Waals surface area contributed by atoms with Crippen molar-refractivity contribution in [3.8, 4) is 0 Å². The zero-order valence-corrected chi connectivity index (χ0v) is 35.5. The van der Waals surface area contributed by atoms with Crippen LogP contribution in [0.4, 0.5) is 10.0 Å². The van der Waals surface area contributed by atoms with Crippen molar-refractivity contribution in [2.24, 2.45) is 11.8 Å². The lowest BCUT2D eigenvalue weighted by Crippen LogP contribution is -2.47. The highest BCUT2D eigenvalue weighted by molar-refractivity contribution is 7.17. The lowest BCUT2D eigenvalue weighted by atomic mass is 9.88. The van der Waals surface area contributed by atoms with Crippen molar-refractivity contribution in [3.05, 3.63) is 103 Å². The summed E-state index contributed by atoms with van der Waals surface area (Å²) in [6.07, 6.45) is 4.44. The Morgan fingerprint density at radius 2 is 1.23 bits per heavy atom. The van der Waals surface area contributed by atoms with E-state index in [1.165, 1.54) is 49.0 Å². The first-order valence-electron chi connectivity index (χ1n) is 19.7. The predicted octanol–water partition coefficient (Wildman–Crippen LogP) is 5.82. The smallest absolute Gasteiger partial charge is 0.341 e. The molecule has 0 fully saturated rings. The fraction of sp³-hybridized carbons (Fsp3) is 0.364. The van der Waals surface area contributed by atoms with Crippen molar-refractivity contribution in [2.75, 3.05) is 38.1 Å². The number of carbonyl (C=O) groups excluding carboxylic acids is 8. The molecule has 2 N–H and O–H groups in total. The van der Waals surface area contributed by atoms with Crippen molar-refractivity contribution in [2.45, 2.75) is 64.8 Å². The van der Waals surface area contributed by atoms with Gasteiger partial charge in [0.15, 0.2) is 13.2 Å². The molecule has 2 aromatic carbocycles. The van der Waals surface area contributed by atoms with E-state index < -0.39 is 66.8 Å². The average Bonchev–Trinajstić information content (AvgIpc) is 3.87. The number of fused-ring (bicyclic) bond motifs is 3. The molecule has 0 saturated carbocycles. The van der Waals surface area contributed by atoms with E-state index in [1.807, 2.05) is 0 Å². The first-order valence-corrected chi connectivity index (χ1v) is 21.4. The molecule has 1 aliphatic heterocycles. The number of anilines is 2. The van der Waals surface area contributed by atoms with Gasteiger partial charge in [0.1, 0.15) is 16.0 Å². The minimum atomic E-state index is -1.51. The Labute approximate surface area is 358 Å². The van der Waals surface area contributed by atoms with E-state index in [0.717, 1.165) is 57.5 Å². The monoisotopic (exact) mass is 869 g/mol. The van der Waals surface area contributed by atoms with Crippen LogP contribution in [0.3, 0.4) is 0 Å². The van der Waals surface area contributed by atoms with Crippen molar-refractivity contribution in [1.82, 2.24) is 4.90 Å². The summed E-state index contributed by atoms with van der Waals surface area (Å²) in [4.78, 5) is 109. The number of hydrogen-bond acceptors (Lipinski definition) is 14. The molecule has 0 radical (unpaired) electrons. The third-order valence-electron chi connectivity index (χ3n) is 11.0. The van der Waals surface area contributed by atoms with Gasteiger partial charge in [-0.1, -0.05) is 44.2 Å². The van der Waals surface area contributed by atoms with Crippen LogP contribution in [0.5, 0.6) is 0 Å². The molecule has 2 aromatic heterocycles. The molecule has 4 amide bonds. The topological polar surface area (TPSA) is 201 Å². The summed E-state index contributed by atoms with van der Waals surface area (Å²) >= 11 is 2.55. The second-order valence-electron chi connectivity index (χ2n) is 15.3. The number of ether oxygens (including phenoxy) is 4. The van der Waals surface area contributed by atoms with Crippen molar-refractivity contribution in [3.63, 3.8) is 0 Å². The summed E-state index contributed by atoms with van der Waals surface area (Å²) in [7, 11) is 2.52. The number of esters is 4. The number of hydrogen-bond donors (Lipinski definition) is 2. The highest BCUT2D eigenvalue weighted by Gasteiger charge is 2.44. The number of amides is 4. The molecule has 15 nitrogen and oxygen atoms in total. The van der Waals surface area contributed by atoms with Gasteiger partial charge in [-0.25, -0.2) is 19.2 Å². The number of methoxy groups -OCH3 is 2. The minimum absolute atomic E-state index is 0.0828. The molecular weight excluding hydrogens is 827 g/mol. The normalized spacial score (nSPS) is 17.0. The fourth-order valence-corrected chi connectivity index (χ4v) is 10.7. The Bertz CT molecular complexity index is 2460. The van der Waals surface area contributed by atoms with Crippen LogP contribution in [0, 0.1) is 11.8 Å². The second kappa shape index (κ2) is 18.2. The van der Waals surface area contributed by atoms with Gasteiger partial charge in [-0.3, -0.25) is 24.1 Å². The van der Waals surface area contributed by atoms with Crippen LogP contribution in [0.2, 0.25) is 0 Å². The highest BCUT2D eigenvalue weighted by atomic mass is 32.1. The van der Waals surface area contributed by atoms with Gasteiger partial charge in [0.2, 0.25) is 0 Å². The van der Waals surface area contributed by atoms with Crippen molar-refractivity contribution in [1.29, 1.82) is 0 Å². The number of rotatable bonds is 13. The van der Waals surface area contributed by atoms with Crippen LogP contribution < -0.4 is 10.6 Å². The van der Waals surface area contributed by atoms with Crippen LogP contribution in [0.15, 0.2) is 48.5 Å². The van der Waals surface area contributed by atoms with E-state index in [4.69, 9.17) is 18.9 Å². The van der Waals surface area contributed by atoms with Crippen molar-refractivity contribution >= 4 is 80.2 Å². The Hall–Kier alpha value is -6.20. The van der Waals surface area contributed by atoms with Crippen molar-refractivity contribution < 1.29 is 57.3 Å². The maximum absolute atomic E-state index is 14.0. The fourth-order valence-electron chi connectivity index (χ4n) is 7.87. The summed E-state index contributed by atoms with van der Waals surface area (Å²) < 4.78 is 20.7. The van der Waals surface area contributed by atoms with E-state index in [0.29, 0.717) is 40.8 Å². The first kappa shape index (κ1) is 42.9. The summed E-state index contributed by atoms with van der Waals surface area (Å²) in [5.41, 5.74) is 2.42. The van der Waals surface area contributed by atoms with Crippen LogP contribution in [0.25, 0.3) is 0 Å². The van der Waals surface area contributed by atoms with Gasteiger partial charge in [0.05, 0.1) is 42.0 Å². The first-order chi connectivity index (χ1) is 29.3. The standard InChI is InChI=1S/C44H43N3O12S2/c1-22-10-13-27-31(16-22)60-37(35(27)43(54)56-3)45-33(48)20-58-41(52)25-12-15-26-29(19-25)40(51)47(39(26)50)30(18-24-8-6-5-7-9-24)42(53)59-21-34(49)46-38-36(44(55)57-4)28-14-11-23(2)17-32(28)61-38/h5-9,12,15,19,22-23,30H,10-11,13-14,16-18,20-21H2,1-4H3,(H,45,48)(H,46,49)/t22-,23+,30-/m1/s1. The van der Waals surface area contributed by atoms with Crippen LogP contribution >= 0.6 is 22.7 Å². The molecule has 0 bridgehead atoms. The Morgan fingerprint density at radius 1 is 0.705 bits per heavy atom. The number of carbonyl (C=O) groups is 8. The minimum Gasteiger partial charge on any atom is -0.465 e. The van der Waals surface area contributed by atoms with E-state index in [1.54, 1.807) is 30.3 Å². The summed E-state index contributed by atoms with van der Waals surface area (Å²) in [5.74, 6) is -5.50. The maximum atomic E-state index is 14.0. The zero-order chi connectivity index (χ0) is 43.5. The molecule has 3 heterocycles. The van der Waals surface area contributed by atoms with E-state index in [2.05, 4.69) is 24.5 Å². The number of thiophene rings is 2. The second-order valence-corrected chi connectivity index (χ2v) is 17.5. The van der Waals surface area contributed by atoms with Crippen LogP contribution in [-0.2, 0) is 65.4 Å². The molecule has 0 saturated heterocycles. The number of nitrogens with zero attached hydrogens (tertiary/aromatic N) is 1. The molecule has 4 aromatic rings. The van der Waals surface area contributed by atoms with Crippen LogP contribution in [0.1, 0.15) is 105 Å². The van der Waals surface area contributed by atoms with Gasteiger partial charge < -0.3 is 29.6 Å². The molecule has 7 rings (SSSR count). The third-order valence-corrected chi connectivity index (χ3v) is 13.3. The molecule has 318 valence electrons. The van der Waals surface area contributed by atoms with Gasteiger partial charge >= 0.3 is 23.9 Å². The Balaban J connectivity index is 1.03. The largest absolute Gasteiger partial charge is 0.465 e. The Morgan fingerprint density at radius 3 is 1.77 bits per heavy atom. The quantitative estimate of drug-likeness (QED) is 0.0929. The van der Waals surface area contributed by atoms with Gasteiger partial charge in [-0.2, -0.15) is 0 Å². The molecule has 2 aliphatic carbocycles. The average molecular weight is 870 g/mol. The molecule has 3 aliphatic rings. The SMILES string of the molecule is COC(=O)c1c(NC(=O)COC(=O)c2ccc3c(c2)C(=O)N([C@H](Cc2ccccc2)C(=O)OCC(=O)Nc2sc4c(c2C(=O)OC)CC[C@H](C)C4)C3=O)sc2c1CC[C@@H](C)C2. The molecule has 0 spiro atoms. The molecule has 17 heteroatoms. The lowest BCUT2D eigenvalue weighted by Gasteiger charge is -2.24. The van der Waals surface area contributed by atoms with Gasteiger partial charge in [-0.05, 0) is 85.3 Å². The number of benzene rings is 2. The lowest BCUT2D eigenvalue weighted by molar-refractivity contribution is -0.151. The summed E-state index contributed by atoms with van der Waals surface area (Å²) in [5, 5.41) is 5.93. The summed E-state index contributed by atoms with van der Waals surface area (Å²) in [6, 6.07) is 10.8. The van der Waals surface area contributed by atoms with Gasteiger partial charge in [0.25, 0.3) is 23.6 Å². The van der Waals surface area contributed by atoms with Gasteiger partial charge in [0, 0.05) is 16.2 Å².